The molecule has 0 unspecified atom stereocenters. The van der Waals surface area contributed by atoms with E-state index in [0.717, 1.165) is 57.2 Å². The molecule has 1 N–H and O–H groups in total. The normalized spacial score (nSPS) is 28.6. The van der Waals surface area contributed by atoms with Gasteiger partial charge in [-0.25, -0.2) is 0 Å². The first-order chi connectivity index (χ1) is 9.49. The molecule has 1 aromatic heterocycles. The highest BCUT2D eigenvalue weighted by molar-refractivity contribution is 5.85. The summed E-state index contributed by atoms with van der Waals surface area (Å²) >= 11 is 0. The molecule has 1 aliphatic carbocycles. The second-order valence-electron chi connectivity index (χ2n) is 5.80. The number of nitrogens with zero attached hydrogens (tertiary/aromatic N) is 1. The minimum absolute atomic E-state index is 0. The third kappa shape index (κ3) is 3.43. The smallest absolute Gasteiger partial charge is 0.420 e. The molecule has 21 heavy (non-hydrogen) atoms. The first-order valence-electron chi connectivity index (χ1n) is 6.87. The van der Waals surface area contributed by atoms with Gasteiger partial charge in [0.1, 0.15) is 11.3 Å². The molecule has 3 nitrogen and oxygen atoms in total. The molecule has 2 heterocycles. The van der Waals surface area contributed by atoms with Crippen molar-refractivity contribution in [3.8, 4) is 5.75 Å². The Hall–Kier alpha value is -1.01. The predicted molar refractivity (Wildman–Crippen MR) is 74.7 cm³/mol. The van der Waals surface area contributed by atoms with Crippen molar-refractivity contribution < 1.29 is 17.9 Å². The van der Waals surface area contributed by atoms with Crippen molar-refractivity contribution in [2.75, 3.05) is 13.1 Å². The Kier molecular flexibility index (Phi) is 4.68. The highest BCUT2D eigenvalue weighted by Crippen LogP contribution is 2.48. The van der Waals surface area contributed by atoms with E-state index in [4.69, 9.17) is 4.74 Å². The first kappa shape index (κ1) is 16.4. The molecule has 0 aromatic carbocycles. The standard InChI is InChI=1S/C14H17F3N2O.ClH/c15-14(16,17)11-2-5-18-8-12(11)20-10-6-13(7-10)3-1-4-19-9-13;/h2,5,8,10,19H,1,3-4,6-7,9H2;1H. The molecule has 1 saturated heterocycles. The SMILES string of the molecule is Cl.FC(F)(F)c1ccncc1OC1CC2(CCCNC2)C1. The lowest BCUT2D eigenvalue weighted by atomic mass is 9.63. The van der Waals surface area contributed by atoms with Crippen LogP contribution in [0.2, 0.25) is 0 Å². The van der Waals surface area contributed by atoms with Gasteiger partial charge in [0, 0.05) is 12.7 Å². The maximum Gasteiger partial charge on any atom is 0.420 e. The van der Waals surface area contributed by atoms with Crippen LogP contribution in [-0.4, -0.2) is 24.2 Å². The van der Waals surface area contributed by atoms with E-state index < -0.39 is 11.7 Å². The van der Waals surface area contributed by atoms with E-state index in [1.54, 1.807) is 0 Å². The maximum absolute atomic E-state index is 12.9. The number of ether oxygens (including phenoxy) is 1. The third-order valence-electron chi connectivity index (χ3n) is 4.27. The highest BCUT2D eigenvalue weighted by atomic mass is 35.5. The van der Waals surface area contributed by atoms with Crippen molar-refractivity contribution in [2.45, 2.75) is 38.0 Å². The third-order valence-corrected chi connectivity index (χ3v) is 4.27. The molecule has 1 aromatic rings. The fraction of sp³-hybridized carbons (Fsp3) is 0.643. The van der Waals surface area contributed by atoms with Crippen molar-refractivity contribution in [3.63, 3.8) is 0 Å². The summed E-state index contributed by atoms with van der Waals surface area (Å²) in [5.41, 5.74) is -0.501. The van der Waals surface area contributed by atoms with Gasteiger partial charge in [0.05, 0.1) is 12.3 Å². The van der Waals surface area contributed by atoms with Crippen molar-refractivity contribution in [1.82, 2.24) is 10.3 Å². The number of hydrogen-bond acceptors (Lipinski definition) is 3. The van der Waals surface area contributed by atoms with Gasteiger partial charge in [0.15, 0.2) is 0 Å². The van der Waals surface area contributed by atoms with E-state index in [2.05, 4.69) is 10.3 Å². The molecule has 0 amide bonds. The molecule has 0 radical (unpaired) electrons. The molecule has 1 saturated carbocycles. The summed E-state index contributed by atoms with van der Waals surface area (Å²) in [7, 11) is 0. The summed E-state index contributed by atoms with van der Waals surface area (Å²) in [6.45, 7) is 1.99. The van der Waals surface area contributed by atoms with Crippen molar-refractivity contribution >= 4 is 12.4 Å². The number of rotatable bonds is 2. The Morgan fingerprint density at radius 2 is 2.10 bits per heavy atom. The van der Waals surface area contributed by atoms with E-state index in [1.165, 1.54) is 0 Å². The van der Waals surface area contributed by atoms with Gasteiger partial charge in [0.2, 0.25) is 0 Å². The zero-order chi connectivity index (χ0) is 14.2. The van der Waals surface area contributed by atoms with Gasteiger partial charge in [-0.3, -0.25) is 4.98 Å². The molecule has 118 valence electrons. The molecular weight excluding hydrogens is 305 g/mol. The number of alkyl halides is 3. The van der Waals surface area contributed by atoms with Crippen LogP contribution in [0.3, 0.4) is 0 Å². The van der Waals surface area contributed by atoms with Gasteiger partial charge in [-0.15, -0.1) is 12.4 Å². The Morgan fingerprint density at radius 3 is 2.71 bits per heavy atom. The van der Waals surface area contributed by atoms with Crippen LogP contribution in [0.25, 0.3) is 0 Å². The molecule has 1 spiro atoms. The number of piperidine rings is 1. The summed E-state index contributed by atoms with van der Waals surface area (Å²) in [6, 6.07) is 0.964. The summed E-state index contributed by atoms with van der Waals surface area (Å²) in [5.74, 6) is -0.149. The zero-order valence-electron chi connectivity index (χ0n) is 11.4. The van der Waals surface area contributed by atoms with E-state index in [1.807, 2.05) is 0 Å². The van der Waals surface area contributed by atoms with Crippen LogP contribution in [0.4, 0.5) is 13.2 Å². The topological polar surface area (TPSA) is 34.1 Å². The lowest BCUT2D eigenvalue weighted by Gasteiger charge is -2.49. The average Bonchev–Trinajstić information content (AvgIpc) is 2.37. The molecule has 7 heteroatoms. The minimum atomic E-state index is -4.40. The quantitative estimate of drug-likeness (QED) is 0.905. The molecular formula is C14H18ClF3N2O. The van der Waals surface area contributed by atoms with Gasteiger partial charge in [-0.2, -0.15) is 13.2 Å². The van der Waals surface area contributed by atoms with Crippen LogP contribution < -0.4 is 10.1 Å². The van der Waals surface area contributed by atoms with Gasteiger partial charge < -0.3 is 10.1 Å². The summed E-state index contributed by atoms with van der Waals surface area (Å²) in [6.07, 6.45) is 1.70. The Bertz CT molecular complexity index is 481. The van der Waals surface area contributed by atoms with Crippen LogP contribution >= 0.6 is 12.4 Å². The van der Waals surface area contributed by atoms with Crippen LogP contribution in [0.1, 0.15) is 31.2 Å². The summed E-state index contributed by atoms with van der Waals surface area (Å²) in [4.78, 5) is 3.74. The van der Waals surface area contributed by atoms with Crippen molar-refractivity contribution in [3.05, 3.63) is 24.0 Å². The number of hydrogen-bond donors (Lipinski definition) is 1. The fourth-order valence-corrected chi connectivity index (χ4v) is 3.26. The average molecular weight is 323 g/mol. The number of pyridine rings is 1. The molecule has 1 aliphatic heterocycles. The lowest BCUT2D eigenvalue weighted by Crippen LogP contribution is -2.52. The van der Waals surface area contributed by atoms with Gasteiger partial charge in [-0.05, 0) is 43.7 Å². The first-order valence-corrected chi connectivity index (χ1v) is 6.87. The predicted octanol–water partition coefficient (Wildman–Crippen LogP) is 3.43. The van der Waals surface area contributed by atoms with Crippen LogP contribution in [0.5, 0.6) is 5.75 Å². The van der Waals surface area contributed by atoms with E-state index >= 15 is 0 Å². The van der Waals surface area contributed by atoms with E-state index in [9.17, 15) is 13.2 Å². The zero-order valence-corrected chi connectivity index (χ0v) is 12.3. The molecule has 2 aliphatic rings. The molecule has 3 rings (SSSR count). The second-order valence-corrected chi connectivity index (χ2v) is 5.80. The Balaban J connectivity index is 0.00000161. The monoisotopic (exact) mass is 322 g/mol. The van der Waals surface area contributed by atoms with Crippen molar-refractivity contribution in [1.29, 1.82) is 0 Å². The largest absolute Gasteiger partial charge is 0.488 e. The van der Waals surface area contributed by atoms with Gasteiger partial charge >= 0.3 is 6.18 Å². The Morgan fingerprint density at radius 1 is 1.33 bits per heavy atom. The maximum atomic E-state index is 12.9. The number of halogens is 4. The van der Waals surface area contributed by atoms with E-state index in [0.29, 0.717) is 0 Å². The fourth-order valence-electron chi connectivity index (χ4n) is 3.26. The summed E-state index contributed by atoms with van der Waals surface area (Å²) < 4.78 is 44.1. The van der Waals surface area contributed by atoms with Crippen molar-refractivity contribution in [2.24, 2.45) is 5.41 Å². The molecule has 0 atom stereocenters. The summed E-state index contributed by atoms with van der Waals surface area (Å²) in [5, 5.41) is 3.35. The number of nitrogens with one attached hydrogen (secondary N) is 1. The number of aromatic nitrogens is 1. The van der Waals surface area contributed by atoms with Gasteiger partial charge in [-0.1, -0.05) is 0 Å². The highest BCUT2D eigenvalue weighted by Gasteiger charge is 2.46. The van der Waals surface area contributed by atoms with Gasteiger partial charge in [0.25, 0.3) is 0 Å². The Labute approximate surface area is 127 Å². The lowest BCUT2D eigenvalue weighted by molar-refractivity contribution is -0.140. The van der Waals surface area contributed by atoms with Crippen LogP contribution in [0.15, 0.2) is 18.5 Å². The molecule has 0 bridgehead atoms. The van der Waals surface area contributed by atoms with Crippen LogP contribution in [-0.2, 0) is 6.18 Å². The second kappa shape index (κ2) is 6.01. The molecule has 2 fully saturated rings. The minimum Gasteiger partial charge on any atom is -0.488 e. The van der Waals surface area contributed by atoms with E-state index in [-0.39, 0.29) is 29.7 Å². The van der Waals surface area contributed by atoms with Crippen LogP contribution in [0, 0.1) is 5.41 Å².